The Balaban J connectivity index is 2.38. The second kappa shape index (κ2) is 5.20. The maximum atomic E-state index is 12.1. The van der Waals surface area contributed by atoms with Crippen molar-refractivity contribution in [2.45, 2.75) is 47.0 Å². The van der Waals surface area contributed by atoms with Crippen molar-refractivity contribution in [2.75, 3.05) is 5.32 Å². The SMILES string of the molecule is C[C@@H]1CCc2c(sc(NC(=O)C(C)(C)C)c2C(N)=O)C1. The highest BCUT2D eigenvalue weighted by Gasteiger charge is 2.29. The van der Waals surface area contributed by atoms with Gasteiger partial charge in [0.25, 0.3) is 5.91 Å². The molecule has 1 aromatic heterocycles. The van der Waals surface area contributed by atoms with Crippen molar-refractivity contribution >= 4 is 28.2 Å². The number of nitrogens with one attached hydrogen (secondary N) is 1. The van der Waals surface area contributed by atoms with E-state index >= 15 is 0 Å². The Labute approximate surface area is 123 Å². The van der Waals surface area contributed by atoms with E-state index in [0.717, 1.165) is 24.8 Å². The molecule has 1 aliphatic carbocycles. The third-order valence-electron chi connectivity index (χ3n) is 3.67. The molecule has 0 unspecified atom stereocenters. The van der Waals surface area contributed by atoms with E-state index in [1.807, 2.05) is 20.8 Å². The van der Waals surface area contributed by atoms with E-state index in [-0.39, 0.29) is 5.91 Å². The number of nitrogens with two attached hydrogens (primary N) is 1. The van der Waals surface area contributed by atoms with Crippen molar-refractivity contribution in [2.24, 2.45) is 17.1 Å². The third-order valence-corrected chi connectivity index (χ3v) is 4.84. The molecule has 3 N–H and O–H groups in total. The van der Waals surface area contributed by atoms with E-state index in [1.165, 1.54) is 16.2 Å². The average Bonchev–Trinajstić information content (AvgIpc) is 2.64. The minimum atomic E-state index is -0.493. The first-order chi connectivity index (χ1) is 9.20. The maximum absolute atomic E-state index is 12.1. The van der Waals surface area contributed by atoms with Gasteiger partial charge in [-0.2, -0.15) is 0 Å². The normalized spacial score (nSPS) is 18.5. The van der Waals surface area contributed by atoms with E-state index in [9.17, 15) is 9.59 Å². The molecule has 0 spiro atoms. The van der Waals surface area contributed by atoms with E-state index in [0.29, 0.717) is 16.5 Å². The van der Waals surface area contributed by atoms with Crippen LogP contribution in [0.25, 0.3) is 0 Å². The monoisotopic (exact) mass is 294 g/mol. The number of fused-ring (bicyclic) bond motifs is 1. The lowest BCUT2D eigenvalue weighted by molar-refractivity contribution is -0.123. The van der Waals surface area contributed by atoms with Gasteiger partial charge in [0.15, 0.2) is 0 Å². The van der Waals surface area contributed by atoms with Crippen LogP contribution in [0.3, 0.4) is 0 Å². The van der Waals surface area contributed by atoms with Crippen LogP contribution in [0.5, 0.6) is 0 Å². The van der Waals surface area contributed by atoms with Crippen LogP contribution < -0.4 is 11.1 Å². The van der Waals surface area contributed by atoms with E-state index < -0.39 is 11.3 Å². The van der Waals surface area contributed by atoms with Crippen LogP contribution in [0.1, 0.15) is 54.9 Å². The number of hydrogen-bond acceptors (Lipinski definition) is 3. The summed E-state index contributed by atoms with van der Waals surface area (Å²) in [7, 11) is 0. The fourth-order valence-corrected chi connectivity index (χ4v) is 3.80. The zero-order chi connectivity index (χ0) is 15.1. The number of amides is 2. The standard InChI is InChI=1S/C15H22N2O2S/c1-8-5-6-9-10(7-8)20-13(11(9)12(16)18)17-14(19)15(2,3)4/h8H,5-7H2,1-4H3,(H2,16,18)(H,17,19)/t8-/m1/s1. The molecule has 1 heterocycles. The Morgan fingerprint density at radius 2 is 2.00 bits per heavy atom. The highest BCUT2D eigenvalue weighted by atomic mass is 32.1. The Morgan fingerprint density at radius 1 is 1.35 bits per heavy atom. The molecule has 1 aliphatic rings. The Hall–Kier alpha value is -1.36. The van der Waals surface area contributed by atoms with Crippen molar-refractivity contribution in [1.82, 2.24) is 0 Å². The van der Waals surface area contributed by atoms with Crippen LogP contribution in [0, 0.1) is 11.3 Å². The number of rotatable bonds is 2. The molecule has 0 saturated carbocycles. The highest BCUT2D eigenvalue weighted by molar-refractivity contribution is 7.17. The molecule has 2 amide bonds. The number of carbonyl (C=O) groups is 2. The van der Waals surface area contributed by atoms with Gasteiger partial charge in [-0.1, -0.05) is 27.7 Å². The number of hydrogen-bond donors (Lipinski definition) is 2. The number of thiophene rings is 1. The minimum absolute atomic E-state index is 0.0911. The molecule has 0 aromatic carbocycles. The number of primary amides is 1. The Kier molecular flexibility index (Phi) is 3.91. The van der Waals surface area contributed by atoms with Gasteiger partial charge in [0.1, 0.15) is 5.00 Å². The van der Waals surface area contributed by atoms with Crippen LogP contribution >= 0.6 is 11.3 Å². The summed E-state index contributed by atoms with van der Waals surface area (Å²) < 4.78 is 0. The molecule has 1 aromatic rings. The number of carbonyl (C=O) groups excluding carboxylic acids is 2. The largest absolute Gasteiger partial charge is 0.365 e. The molecule has 0 saturated heterocycles. The molecule has 5 heteroatoms. The second-order valence-electron chi connectivity index (χ2n) is 6.62. The van der Waals surface area contributed by atoms with Crippen molar-refractivity contribution < 1.29 is 9.59 Å². The van der Waals surface area contributed by atoms with E-state index in [1.54, 1.807) is 0 Å². The lowest BCUT2D eigenvalue weighted by Gasteiger charge is -2.18. The first-order valence-corrected chi connectivity index (χ1v) is 7.77. The molecule has 4 nitrogen and oxygen atoms in total. The van der Waals surface area contributed by atoms with Crippen molar-refractivity contribution in [1.29, 1.82) is 0 Å². The van der Waals surface area contributed by atoms with Gasteiger partial charge in [0, 0.05) is 10.3 Å². The van der Waals surface area contributed by atoms with Crippen molar-refractivity contribution in [3.8, 4) is 0 Å². The Morgan fingerprint density at radius 3 is 2.55 bits per heavy atom. The molecule has 0 fully saturated rings. The van der Waals surface area contributed by atoms with Crippen LogP contribution in [-0.4, -0.2) is 11.8 Å². The van der Waals surface area contributed by atoms with E-state index in [4.69, 9.17) is 5.73 Å². The molecule has 1 atom stereocenters. The topological polar surface area (TPSA) is 72.2 Å². The zero-order valence-electron chi connectivity index (χ0n) is 12.5. The molecule has 2 rings (SSSR count). The van der Waals surface area contributed by atoms with Gasteiger partial charge in [0.05, 0.1) is 5.56 Å². The first-order valence-electron chi connectivity index (χ1n) is 6.96. The summed E-state index contributed by atoms with van der Waals surface area (Å²) >= 11 is 1.51. The molecule has 0 bridgehead atoms. The summed E-state index contributed by atoms with van der Waals surface area (Å²) in [6, 6.07) is 0. The summed E-state index contributed by atoms with van der Waals surface area (Å²) in [5.41, 5.74) is 6.59. The minimum Gasteiger partial charge on any atom is -0.365 e. The first kappa shape index (κ1) is 15.0. The quantitative estimate of drug-likeness (QED) is 0.880. The lowest BCUT2D eigenvalue weighted by atomic mass is 9.88. The van der Waals surface area contributed by atoms with E-state index in [2.05, 4.69) is 12.2 Å². The van der Waals surface area contributed by atoms with Crippen LogP contribution in [0.2, 0.25) is 0 Å². The molecule has 0 radical (unpaired) electrons. The predicted octanol–water partition coefficient (Wildman–Crippen LogP) is 2.96. The van der Waals surface area contributed by atoms with Gasteiger partial charge in [-0.25, -0.2) is 0 Å². The summed E-state index contributed by atoms with van der Waals surface area (Å²) in [5, 5.41) is 3.50. The second-order valence-corrected chi connectivity index (χ2v) is 7.73. The summed E-state index contributed by atoms with van der Waals surface area (Å²) in [6.45, 7) is 7.76. The van der Waals surface area contributed by atoms with Crippen molar-refractivity contribution in [3.63, 3.8) is 0 Å². The average molecular weight is 294 g/mol. The van der Waals surface area contributed by atoms with Crippen LogP contribution in [0.4, 0.5) is 5.00 Å². The Bertz CT molecular complexity index is 555. The summed E-state index contributed by atoms with van der Waals surface area (Å²) in [4.78, 5) is 25.1. The maximum Gasteiger partial charge on any atom is 0.251 e. The zero-order valence-corrected chi connectivity index (χ0v) is 13.3. The summed E-state index contributed by atoms with van der Waals surface area (Å²) in [6.07, 6.45) is 2.90. The third kappa shape index (κ3) is 2.87. The van der Waals surface area contributed by atoms with Gasteiger partial charge < -0.3 is 11.1 Å². The highest BCUT2D eigenvalue weighted by Crippen LogP contribution is 2.39. The van der Waals surface area contributed by atoms with Gasteiger partial charge in [-0.05, 0) is 30.7 Å². The van der Waals surface area contributed by atoms with Gasteiger partial charge >= 0.3 is 0 Å². The molecular formula is C15H22N2O2S. The predicted molar refractivity (Wildman–Crippen MR) is 82.1 cm³/mol. The van der Waals surface area contributed by atoms with Gasteiger partial charge in [0.2, 0.25) is 5.91 Å². The van der Waals surface area contributed by atoms with Crippen molar-refractivity contribution in [3.05, 3.63) is 16.0 Å². The molecule has 110 valence electrons. The lowest BCUT2D eigenvalue weighted by Crippen LogP contribution is -2.28. The van der Waals surface area contributed by atoms with Gasteiger partial charge in [-0.3, -0.25) is 9.59 Å². The van der Waals surface area contributed by atoms with Crippen LogP contribution in [-0.2, 0) is 17.6 Å². The number of anilines is 1. The molecule has 0 aliphatic heterocycles. The smallest absolute Gasteiger partial charge is 0.251 e. The van der Waals surface area contributed by atoms with Crippen LogP contribution in [0.15, 0.2) is 0 Å². The summed E-state index contributed by atoms with van der Waals surface area (Å²) in [5.74, 6) is 0.0842. The molecular weight excluding hydrogens is 272 g/mol. The van der Waals surface area contributed by atoms with Gasteiger partial charge in [-0.15, -0.1) is 11.3 Å². The fraction of sp³-hybridized carbons (Fsp3) is 0.600. The fourth-order valence-electron chi connectivity index (χ4n) is 2.39. The molecule has 20 heavy (non-hydrogen) atoms.